The summed E-state index contributed by atoms with van der Waals surface area (Å²) in [7, 11) is 0. The SMILES string of the molecule is C=C/C=C\c1nc(-c2cc(-c3nc(/C=C\C=C(C)CC)c(C)n3-c3ccccc3-c3ccccc3)cc(-c3nc4cccnc4n3-c3ccccc3-c3ccccc3)c2)n(-c2ccccc2-c2ccccc2)c1C(C)C. The van der Waals surface area contributed by atoms with Crippen LogP contribution in [0.3, 0.4) is 0 Å². The second-order valence-electron chi connectivity index (χ2n) is 19.3. The van der Waals surface area contributed by atoms with E-state index in [9.17, 15) is 0 Å². The summed E-state index contributed by atoms with van der Waals surface area (Å²) in [5, 5.41) is 0. The zero-order chi connectivity index (χ0) is 52.1. The van der Waals surface area contributed by atoms with Crippen molar-refractivity contribution in [1.82, 2.24) is 33.6 Å². The van der Waals surface area contributed by atoms with Gasteiger partial charge in [0.05, 0.1) is 34.1 Å². The molecule has 0 aliphatic heterocycles. The first-order valence-corrected chi connectivity index (χ1v) is 26.1. The molecule has 4 aromatic heterocycles. The van der Waals surface area contributed by atoms with Crippen LogP contribution in [0.25, 0.3) is 108 Å². The summed E-state index contributed by atoms with van der Waals surface area (Å²) in [4.78, 5) is 21.9. The van der Waals surface area contributed by atoms with Crippen molar-refractivity contribution in [3.05, 3.63) is 260 Å². The standard InChI is InChI=1S/C69H59N7/c1-7-9-37-60-65(47(3)4)75(63-41-23-20-35-57(63)51-30-15-11-16-31-51)67(72-60)54-44-53(66-71-59(38-25-27-48(5)8-2)49(6)74(66)62-40-22-19-34-56(62)50-28-13-10-14-29-50)45-55(46-54)68-73-61-39-26-43-70-69(61)76(68)64-42-24-21-36-58(64)52-32-17-12-18-33-52/h7,9-47H,1,8H2,2-6H3/b37-9-,38-25-,48-27?. The lowest BCUT2D eigenvalue weighted by Gasteiger charge is -2.20. The van der Waals surface area contributed by atoms with E-state index in [1.54, 1.807) is 0 Å². The van der Waals surface area contributed by atoms with Crippen molar-refractivity contribution in [3.8, 4) is 84.6 Å². The molecular formula is C69H59N7. The quantitative estimate of drug-likeness (QED) is 0.0960. The Morgan fingerprint density at radius 2 is 0.947 bits per heavy atom. The zero-order valence-electron chi connectivity index (χ0n) is 43.6. The van der Waals surface area contributed by atoms with Gasteiger partial charge in [-0.2, -0.15) is 0 Å². The molecule has 0 fully saturated rings. The number of imidazole rings is 3. The van der Waals surface area contributed by atoms with Gasteiger partial charge in [-0.1, -0.05) is 203 Å². The molecular weight excluding hydrogens is 927 g/mol. The normalized spacial score (nSPS) is 11.9. The third-order valence-corrected chi connectivity index (χ3v) is 14.0. The molecule has 76 heavy (non-hydrogen) atoms. The molecule has 0 bridgehead atoms. The fraction of sp³-hybridized carbons (Fsp3) is 0.101. The van der Waals surface area contributed by atoms with Gasteiger partial charge in [-0.25, -0.2) is 19.9 Å². The maximum atomic E-state index is 5.66. The molecule has 7 aromatic carbocycles. The van der Waals surface area contributed by atoms with E-state index in [-0.39, 0.29) is 5.92 Å². The van der Waals surface area contributed by atoms with Crippen LogP contribution in [0.2, 0.25) is 0 Å². The first-order valence-electron chi connectivity index (χ1n) is 26.1. The Morgan fingerprint density at radius 3 is 1.46 bits per heavy atom. The molecule has 0 aliphatic rings. The minimum Gasteiger partial charge on any atom is -0.296 e. The van der Waals surface area contributed by atoms with Gasteiger partial charge in [0.15, 0.2) is 5.65 Å². The van der Waals surface area contributed by atoms with E-state index in [0.717, 1.165) is 125 Å². The average molecular weight is 986 g/mol. The number of hydrogen-bond donors (Lipinski definition) is 0. The zero-order valence-corrected chi connectivity index (χ0v) is 43.6. The topological polar surface area (TPSA) is 66.3 Å². The van der Waals surface area contributed by atoms with Crippen LogP contribution in [0.5, 0.6) is 0 Å². The molecule has 0 saturated heterocycles. The fourth-order valence-corrected chi connectivity index (χ4v) is 10.2. The number of aromatic nitrogens is 7. The number of allylic oxidation sites excluding steroid dienone is 5. The second kappa shape index (κ2) is 21.6. The van der Waals surface area contributed by atoms with E-state index in [1.807, 2.05) is 30.5 Å². The molecule has 0 amide bonds. The lowest BCUT2D eigenvalue weighted by Crippen LogP contribution is -2.07. The number of para-hydroxylation sites is 3. The highest BCUT2D eigenvalue weighted by molar-refractivity contribution is 5.88. The van der Waals surface area contributed by atoms with Crippen LogP contribution in [0.4, 0.5) is 0 Å². The van der Waals surface area contributed by atoms with Crippen molar-refractivity contribution < 1.29 is 0 Å². The number of rotatable bonds is 15. The smallest absolute Gasteiger partial charge is 0.164 e. The van der Waals surface area contributed by atoms with E-state index in [1.165, 1.54) is 5.57 Å². The Bertz CT molecular complexity index is 3980. The van der Waals surface area contributed by atoms with Gasteiger partial charge >= 0.3 is 0 Å². The molecule has 4 heterocycles. The van der Waals surface area contributed by atoms with E-state index in [0.29, 0.717) is 0 Å². The molecule has 370 valence electrons. The summed E-state index contributed by atoms with van der Waals surface area (Å²) in [6.07, 6.45) is 15.1. The Kier molecular flexibility index (Phi) is 13.8. The highest BCUT2D eigenvalue weighted by atomic mass is 15.1. The van der Waals surface area contributed by atoms with Crippen molar-refractivity contribution in [1.29, 1.82) is 0 Å². The maximum Gasteiger partial charge on any atom is 0.164 e. The van der Waals surface area contributed by atoms with Crippen LogP contribution in [0.15, 0.2) is 237 Å². The van der Waals surface area contributed by atoms with E-state index < -0.39 is 0 Å². The largest absolute Gasteiger partial charge is 0.296 e. The fourth-order valence-electron chi connectivity index (χ4n) is 10.2. The Morgan fingerprint density at radius 1 is 0.500 bits per heavy atom. The summed E-state index contributed by atoms with van der Waals surface area (Å²) < 4.78 is 6.91. The predicted octanol–water partition coefficient (Wildman–Crippen LogP) is 17.8. The van der Waals surface area contributed by atoms with Crippen LogP contribution in [-0.2, 0) is 0 Å². The lowest BCUT2D eigenvalue weighted by molar-refractivity contribution is 0.788. The van der Waals surface area contributed by atoms with E-state index >= 15 is 0 Å². The van der Waals surface area contributed by atoms with Crippen LogP contribution >= 0.6 is 0 Å². The monoisotopic (exact) mass is 985 g/mol. The van der Waals surface area contributed by atoms with Crippen LogP contribution < -0.4 is 0 Å². The van der Waals surface area contributed by atoms with Crippen molar-refractivity contribution in [2.75, 3.05) is 0 Å². The molecule has 0 radical (unpaired) electrons. The summed E-state index contributed by atoms with van der Waals surface area (Å²) in [6, 6.07) is 68.3. The van der Waals surface area contributed by atoms with Gasteiger partial charge in [0, 0.05) is 45.3 Å². The van der Waals surface area contributed by atoms with E-state index in [2.05, 4.69) is 261 Å². The third kappa shape index (κ3) is 9.39. The van der Waals surface area contributed by atoms with Gasteiger partial charge in [0.2, 0.25) is 0 Å². The summed E-state index contributed by atoms with van der Waals surface area (Å²) in [5.41, 5.74) is 18.9. The molecule has 7 heteroatoms. The highest BCUT2D eigenvalue weighted by Gasteiger charge is 2.27. The van der Waals surface area contributed by atoms with E-state index in [4.69, 9.17) is 19.9 Å². The van der Waals surface area contributed by atoms with Crippen LogP contribution in [0.1, 0.15) is 62.8 Å². The predicted molar refractivity (Wildman–Crippen MR) is 317 cm³/mol. The summed E-state index contributed by atoms with van der Waals surface area (Å²) in [6.45, 7) is 15.1. The molecule has 0 spiro atoms. The van der Waals surface area contributed by atoms with Gasteiger partial charge in [0.1, 0.15) is 23.0 Å². The van der Waals surface area contributed by atoms with Gasteiger partial charge < -0.3 is 0 Å². The van der Waals surface area contributed by atoms with Gasteiger partial charge in [-0.15, -0.1) is 0 Å². The van der Waals surface area contributed by atoms with Crippen molar-refractivity contribution >= 4 is 23.3 Å². The van der Waals surface area contributed by atoms with Crippen LogP contribution in [-0.4, -0.2) is 33.6 Å². The first-order chi connectivity index (χ1) is 37.3. The lowest BCUT2D eigenvalue weighted by atomic mass is 10.00. The molecule has 0 atom stereocenters. The third-order valence-electron chi connectivity index (χ3n) is 14.0. The first kappa shape index (κ1) is 48.8. The average Bonchev–Trinajstić information content (AvgIpc) is 4.23. The molecule has 7 nitrogen and oxygen atoms in total. The van der Waals surface area contributed by atoms with Crippen molar-refractivity contribution in [3.63, 3.8) is 0 Å². The molecule has 0 unspecified atom stereocenters. The van der Waals surface area contributed by atoms with Gasteiger partial charge in [0.25, 0.3) is 0 Å². The molecule has 0 saturated carbocycles. The molecule has 0 N–H and O–H groups in total. The summed E-state index contributed by atoms with van der Waals surface area (Å²) in [5.74, 6) is 2.38. The Hall–Kier alpha value is -9.46. The molecule has 11 aromatic rings. The second-order valence-corrected chi connectivity index (χ2v) is 19.3. The maximum absolute atomic E-state index is 5.66. The minimum atomic E-state index is 0.0812. The Balaban J connectivity index is 1.27. The minimum absolute atomic E-state index is 0.0812. The van der Waals surface area contributed by atoms with Crippen LogP contribution in [0, 0.1) is 6.92 Å². The molecule has 11 rings (SSSR count). The number of benzene rings is 7. The van der Waals surface area contributed by atoms with Crippen molar-refractivity contribution in [2.24, 2.45) is 0 Å². The number of fused-ring (bicyclic) bond motifs is 1. The summed E-state index contributed by atoms with van der Waals surface area (Å²) >= 11 is 0. The number of hydrogen-bond acceptors (Lipinski definition) is 4. The number of nitrogens with zero attached hydrogens (tertiary/aromatic N) is 7. The number of pyridine rings is 1. The molecule has 0 aliphatic carbocycles. The van der Waals surface area contributed by atoms with Gasteiger partial charge in [-0.3, -0.25) is 13.7 Å². The van der Waals surface area contributed by atoms with Crippen molar-refractivity contribution in [2.45, 2.75) is 47.0 Å². The Labute approximate surface area is 445 Å². The van der Waals surface area contributed by atoms with Gasteiger partial charge in [-0.05, 0) is 104 Å². The highest BCUT2D eigenvalue weighted by Crippen LogP contribution is 2.42.